The van der Waals surface area contributed by atoms with Crippen molar-refractivity contribution in [1.29, 1.82) is 0 Å². The molecule has 37 heavy (non-hydrogen) atoms. The van der Waals surface area contributed by atoms with Crippen LogP contribution in [0.5, 0.6) is 5.75 Å². The number of ether oxygens (including phenoxy) is 1. The van der Waals surface area contributed by atoms with E-state index >= 15 is 0 Å². The molecule has 5 rings (SSSR count). The molecule has 3 N–H and O–H groups in total. The van der Waals surface area contributed by atoms with Gasteiger partial charge in [-0.05, 0) is 86.1 Å². The fraction of sp³-hybridized carbons (Fsp3) is 0.345. The maximum atomic E-state index is 12.6. The molecule has 1 amide bonds. The van der Waals surface area contributed by atoms with Gasteiger partial charge in [-0.2, -0.15) is 0 Å². The van der Waals surface area contributed by atoms with Crippen LogP contribution < -0.4 is 15.4 Å². The zero-order valence-electron chi connectivity index (χ0n) is 21.0. The van der Waals surface area contributed by atoms with Crippen molar-refractivity contribution in [2.45, 2.75) is 51.9 Å². The van der Waals surface area contributed by atoms with E-state index in [0.717, 1.165) is 58.7 Å². The second kappa shape index (κ2) is 11.2. The number of anilines is 1. The molecule has 0 aliphatic heterocycles. The van der Waals surface area contributed by atoms with E-state index in [4.69, 9.17) is 21.3 Å². The van der Waals surface area contributed by atoms with Crippen LogP contribution in [0.3, 0.4) is 0 Å². The van der Waals surface area contributed by atoms with Crippen LogP contribution in [0.4, 0.5) is 5.69 Å². The minimum atomic E-state index is -0.263. The van der Waals surface area contributed by atoms with Crippen LogP contribution in [-0.4, -0.2) is 34.9 Å². The summed E-state index contributed by atoms with van der Waals surface area (Å²) in [4.78, 5) is 31.8. The number of aromatic amines is 1. The smallest absolute Gasteiger partial charge is 0.311 e. The first-order valence-corrected chi connectivity index (χ1v) is 13.3. The lowest BCUT2D eigenvalue weighted by atomic mass is 9.92. The fourth-order valence-corrected chi connectivity index (χ4v) is 5.20. The molecule has 1 aliphatic carbocycles. The Hall–Kier alpha value is -3.58. The molecule has 0 saturated carbocycles. The highest BCUT2D eigenvalue weighted by Crippen LogP contribution is 2.34. The standard InChI is InChI=1S/C29H31ClN4O3/c1-18(35)31-14-12-19-17-33-25-11-9-21(16-23(19)25)37-28(36)7-4-13-32-29-22-5-2-3-6-26(22)34-27-10-8-20(30)15-24(27)29/h8-11,15-17,33H,2-7,12-14H2,1H3,(H,31,35)(H,32,34). The Balaban J connectivity index is 1.20. The third-order valence-electron chi connectivity index (χ3n) is 6.82. The number of nitrogens with zero attached hydrogens (tertiary/aromatic N) is 1. The normalized spacial score (nSPS) is 12.9. The molecule has 0 unspecified atom stereocenters. The van der Waals surface area contributed by atoms with Crippen molar-refractivity contribution in [3.05, 3.63) is 64.4 Å². The van der Waals surface area contributed by atoms with Gasteiger partial charge in [-0.1, -0.05) is 11.6 Å². The van der Waals surface area contributed by atoms with Crippen LogP contribution in [0, 0.1) is 0 Å². The van der Waals surface area contributed by atoms with Gasteiger partial charge in [0.15, 0.2) is 0 Å². The number of hydrogen-bond donors (Lipinski definition) is 3. The van der Waals surface area contributed by atoms with E-state index in [1.54, 1.807) is 6.07 Å². The third kappa shape index (κ3) is 5.88. The van der Waals surface area contributed by atoms with E-state index in [1.807, 2.05) is 36.5 Å². The van der Waals surface area contributed by atoms with Crippen molar-refractivity contribution in [2.24, 2.45) is 0 Å². The van der Waals surface area contributed by atoms with Crippen LogP contribution in [-0.2, 0) is 28.9 Å². The Morgan fingerprint density at radius 2 is 1.95 bits per heavy atom. The minimum absolute atomic E-state index is 0.0512. The molecule has 0 radical (unpaired) electrons. The molecule has 2 heterocycles. The zero-order chi connectivity index (χ0) is 25.8. The number of pyridine rings is 1. The Morgan fingerprint density at radius 3 is 2.81 bits per heavy atom. The Kier molecular flexibility index (Phi) is 7.60. The molecular formula is C29H31ClN4O3. The van der Waals surface area contributed by atoms with Crippen molar-refractivity contribution in [1.82, 2.24) is 15.3 Å². The van der Waals surface area contributed by atoms with Gasteiger partial charge >= 0.3 is 5.97 Å². The van der Waals surface area contributed by atoms with E-state index in [0.29, 0.717) is 43.1 Å². The summed E-state index contributed by atoms with van der Waals surface area (Å²) >= 11 is 6.29. The summed E-state index contributed by atoms with van der Waals surface area (Å²) < 4.78 is 5.64. The number of hydrogen-bond acceptors (Lipinski definition) is 5. The second-order valence-corrected chi connectivity index (χ2v) is 9.98. The number of fused-ring (bicyclic) bond motifs is 3. The first kappa shape index (κ1) is 25.1. The third-order valence-corrected chi connectivity index (χ3v) is 7.06. The van der Waals surface area contributed by atoms with Gasteiger partial charge in [0.2, 0.25) is 5.91 Å². The molecule has 7 nitrogen and oxygen atoms in total. The topological polar surface area (TPSA) is 96.1 Å². The van der Waals surface area contributed by atoms with Crippen LogP contribution in [0.2, 0.25) is 5.02 Å². The summed E-state index contributed by atoms with van der Waals surface area (Å²) in [5, 5.41) is 9.10. The average Bonchev–Trinajstić information content (AvgIpc) is 3.28. The molecular weight excluding hydrogens is 488 g/mol. The van der Waals surface area contributed by atoms with Gasteiger partial charge in [-0.25, -0.2) is 0 Å². The lowest BCUT2D eigenvalue weighted by Crippen LogP contribution is -2.22. The second-order valence-electron chi connectivity index (χ2n) is 9.54. The maximum Gasteiger partial charge on any atom is 0.311 e. The highest BCUT2D eigenvalue weighted by Gasteiger charge is 2.18. The minimum Gasteiger partial charge on any atom is -0.427 e. The van der Waals surface area contributed by atoms with Crippen LogP contribution in [0.15, 0.2) is 42.6 Å². The van der Waals surface area contributed by atoms with Crippen molar-refractivity contribution in [2.75, 3.05) is 18.4 Å². The molecule has 8 heteroatoms. The number of H-pyrrole nitrogens is 1. The number of aromatic nitrogens is 2. The first-order valence-electron chi connectivity index (χ1n) is 12.9. The van der Waals surface area contributed by atoms with E-state index in [1.165, 1.54) is 18.2 Å². The molecule has 0 bridgehead atoms. The molecule has 1 aliphatic rings. The number of amides is 1. The number of halogens is 1. The monoisotopic (exact) mass is 518 g/mol. The van der Waals surface area contributed by atoms with E-state index in [2.05, 4.69) is 15.6 Å². The highest BCUT2D eigenvalue weighted by molar-refractivity contribution is 6.31. The van der Waals surface area contributed by atoms with Crippen molar-refractivity contribution in [3.8, 4) is 5.75 Å². The van der Waals surface area contributed by atoms with Crippen molar-refractivity contribution >= 4 is 51.0 Å². The molecule has 2 aromatic carbocycles. The molecule has 2 aromatic heterocycles. The van der Waals surface area contributed by atoms with Crippen molar-refractivity contribution in [3.63, 3.8) is 0 Å². The summed E-state index contributed by atoms with van der Waals surface area (Å²) in [6, 6.07) is 11.4. The SMILES string of the molecule is CC(=O)NCCc1c[nH]c2ccc(OC(=O)CCCNc3c4c(nc5ccc(Cl)cc35)CCCC4)cc12. The Morgan fingerprint density at radius 1 is 1.08 bits per heavy atom. The largest absolute Gasteiger partial charge is 0.427 e. The molecule has 0 fully saturated rings. The Bertz CT molecular complexity index is 1460. The molecule has 0 saturated heterocycles. The number of benzene rings is 2. The lowest BCUT2D eigenvalue weighted by Gasteiger charge is -2.21. The van der Waals surface area contributed by atoms with Gasteiger partial charge in [0.25, 0.3) is 0 Å². The van der Waals surface area contributed by atoms with Gasteiger partial charge < -0.3 is 20.4 Å². The average molecular weight is 519 g/mol. The van der Waals surface area contributed by atoms with Crippen LogP contribution in [0.25, 0.3) is 21.8 Å². The maximum absolute atomic E-state index is 12.6. The predicted molar refractivity (Wildman–Crippen MR) is 147 cm³/mol. The molecule has 4 aromatic rings. The summed E-state index contributed by atoms with van der Waals surface area (Å²) in [6.45, 7) is 2.71. The van der Waals surface area contributed by atoms with E-state index in [-0.39, 0.29) is 11.9 Å². The van der Waals surface area contributed by atoms with E-state index in [9.17, 15) is 9.59 Å². The van der Waals surface area contributed by atoms with Gasteiger partial charge in [-0.15, -0.1) is 0 Å². The fourth-order valence-electron chi connectivity index (χ4n) is 5.03. The zero-order valence-corrected chi connectivity index (χ0v) is 21.7. The van der Waals surface area contributed by atoms with Gasteiger partial charge in [0.05, 0.1) is 5.52 Å². The quantitative estimate of drug-likeness (QED) is 0.149. The molecule has 0 atom stereocenters. The number of carbonyl (C=O) groups excluding carboxylic acids is 2. The number of esters is 1. The predicted octanol–water partition coefficient (Wildman–Crippen LogP) is 5.72. The number of carbonyl (C=O) groups is 2. The highest BCUT2D eigenvalue weighted by atomic mass is 35.5. The summed E-state index contributed by atoms with van der Waals surface area (Å²) in [7, 11) is 0. The first-order chi connectivity index (χ1) is 18.0. The van der Waals surface area contributed by atoms with Crippen LogP contribution >= 0.6 is 11.6 Å². The molecule has 0 spiro atoms. The lowest BCUT2D eigenvalue weighted by molar-refractivity contribution is -0.134. The Labute approximate surface area is 220 Å². The number of aryl methyl sites for hydroxylation is 1. The van der Waals surface area contributed by atoms with E-state index < -0.39 is 0 Å². The molecule has 192 valence electrons. The van der Waals surface area contributed by atoms with Gasteiger partial charge in [0.1, 0.15) is 5.75 Å². The number of nitrogens with one attached hydrogen (secondary N) is 3. The summed E-state index contributed by atoms with van der Waals surface area (Å²) in [6.07, 6.45) is 7.89. The van der Waals surface area contributed by atoms with Gasteiger partial charge in [0, 0.05) is 65.3 Å². The van der Waals surface area contributed by atoms with Crippen LogP contribution in [0.1, 0.15) is 49.4 Å². The number of rotatable bonds is 9. The van der Waals surface area contributed by atoms with Crippen molar-refractivity contribution < 1.29 is 14.3 Å². The summed E-state index contributed by atoms with van der Waals surface area (Å²) in [5.74, 6) is 0.209. The van der Waals surface area contributed by atoms with Gasteiger partial charge in [-0.3, -0.25) is 14.6 Å². The summed E-state index contributed by atoms with van der Waals surface area (Å²) in [5.41, 5.74) is 6.52.